The second-order valence-electron chi connectivity index (χ2n) is 3.91. The predicted molar refractivity (Wildman–Crippen MR) is 62.8 cm³/mol. The van der Waals surface area contributed by atoms with Gasteiger partial charge in [-0.3, -0.25) is 0 Å². The third-order valence-electron chi connectivity index (χ3n) is 2.78. The Balaban J connectivity index is 2.21. The summed E-state index contributed by atoms with van der Waals surface area (Å²) in [4.78, 5) is 6.61. The van der Waals surface area contributed by atoms with E-state index in [0.29, 0.717) is 5.69 Å². The molecule has 0 amide bonds. The van der Waals surface area contributed by atoms with E-state index in [1.54, 1.807) is 6.07 Å². The van der Waals surface area contributed by atoms with Gasteiger partial charge in [-0.05, 0) is 31.4 Å². The maximum atomic E-state index is 8.60. The maximum Gasteiger partial charge on any atom is 0.188 e. The van der Waals surface area contributed by atoms with Crippen LogP contribution in [0, 0.1) is 0 Å². The number of nitrogens with zero attached hydrogens (tertiary/aromatic N) is 3. The number of oxime groups is 1. The van der Waals surface area contributed by atoms with E-state index in [1.807, 2.05) is 12.1 Å². The molecule has 5 nitrogen and oxygen atoms in total. The number of nitrogens with two attached hydrogens (primary N) is 1. The van der Waals surface area contributed by atoms with E-state index in [-0.39, 0.29) is 5.84 Å². The standard InChI is InChI=1S/C11H16N4O/c12-11(14-16)9-5-4-6-10(13-9)15-7-2-1-3-8-15/h4-6,16H,1-3,7-8H2,(H2,12,14). The van der Waals surface area contributed by atoms with Crippen LogP contribution in [0.2, 0.25) is 0 Å². The third kappa shape index (κ3) is 2.24. The van der Waals surface area contributed by atoms with Gasteiger partial charge in [0, 0.05) is 13.1 Å². The van der Waals surface area contributed by atoms with Crippen LogP contribution in [0.15, 0.2) is 23.4 Å². The fourth-order valence-electron chi connectivity index (χ4n) is 1.92. The van der Waals surface area contributed by atoms with Crippen LogP contribution in [0.5, 0.6) is 0 Å². The molecule has 1 fully saturated rings. The molecule has 0 radical (unpaired) electrons. The SMILES string of the molecule is NC(=NO)c1cccc(N2CCCCC2)n1. The molecule has 0 aromatic carbocycles. The van der Waals surface area contributed by atoms with Crippen molar-refractivity contribution in [2.45, 2.75) is 19.3 Å². The van der Waals surface area contributed by atoms with Crippen LogP contribution < -0.4 is 10.6 Å². The summed E-state index contributed by atoms with van der Waals surface area (Å²) < 4.78 is 0. The molecule has 1 aromatic heterocycles. The van der Waals surface area contributed by atoms with Crippen molar-refractivity contribution in [2.75, 3.05) is 18.0 Å². The fraction of sp³-hybridized carbons (Fsp3) is 0.455. The van der Waals surface area contributed by atoms with Crippen LogP contribution in [0.25, 0.3) is 0 Å². The van der Waals surface area contributed by atoms with Gasteiger partial charge >= 0.3 is 0 Å². The minimum atomic E-state index is 0.0545. The Hall–Kier alpha value is -1.78. The molecule has 86 valence electrons. The molecule has 1 aliphatic heterocycles. The van der Waals surface area contributed by atoms with Crippen molar-refractivity contribution in [2.24, 2.45) is 10.9 Å². The minimum absolute atomic E-state index is 0.0545. The van der Waals surface area contributed by atoms with Crippen molar-refractivity contribution in [3.05, 3.63) is 23.9 Å². The molecule has 0 bridgehead atoms. The quantitative estimate of drug-likeness (QED) is 0.339. The van der Waals surface area contributed by atoms with E-state index in [0.717, 1.165) is 18.9 Å². The van der Waals surface area contributed by atoms with E-state index in [1.165, 1.54) is 19.3 Å². The molecule has 1 aliphatic rings. The molecule has 0 aliphatic carbocycles. The Morgan fingerprint density at radius 3 is 2.75 bits per heavy atom. The Morgan fingerprint density at radius 2 is 2.06 bits per heavy atom. The molecule has 3 N–H and O–H groups in total. The van der Waals surface area contributed by atoms with Crippen molar-refractivity contribution in [1.29, 1.82) is 0 Å². The van der Waals surface area contributed by atoms with Crippen LogP contribution in [0.4, 0.5) is 5.82 Å². The predicted octanol–water partition coefficient (Wildman–Crippen LogP) is 1.17. The average Bonchev–Trinajstić information content (AvgIpc) is 2.39. The largest absolute Gasteiger partial charge is 0.409 e. The molecule has 2 rings (SSSR count). The Kier molecular flexibility index (Phi) is 3.24. The minimum Gasteiger partial charge on any atom is -0.409 e. The highest BCUT2D eigenvalue weighted by Crippen LogP contribution is 2.17. The number of hydrogen-bond acceptors (Lipinski definition) is 4. The zero-order valence-corrected chi connectivity index (χ0v) is 9.13. The lowest BCUT2D eigenvalue weighted by Gasteiger charge is -2.27. The molecule has 5 heteroatoms. The van der Waals surface area contributed by atoms with E-state index >= 15 is 0 Å². The van der Waals surface area contributed by atoms with Crippen molar-refractivity contribution in [3.63, 3.8) is 0 Å². The molecule has 16 heavy (non-hydrogen) atoms. The van der Waals surface area contributed by atoms with E-state index in [4.69, 9.17) is 10.9 Å². The summed E-state index contributed by atoms with van der Waals surface area (Å²) in [6.45, 7) is 2.07. The van der Waals surface area contributed by atoms with Gasteiger partial charge in [-0.2, -0.15) is 0 Å². The van der Waals surface area contributed by atoms with Gasteiger partial charge < -0.3 is 15.8 Å². The monoisotopic (exact) mass is 220 g/mol. The van der Waals surface area contributed by atoms with Crippen LogP contribution in [-0.2, 0) is 0 Å². The smallest absolute Gasteiger partial charge is 0.188 e. The Labute approximate surface area is 94.6 Å². The lowest BCUT2D eigenvalue weighted by atomic mass is 10.1. The molecule has 1 saturated heterocycles. The van der Waals surface area contributed by atoms with E-state index in [9.17, 15) is 0 Å². The average molecular weight is 220 g/mol. The lowest BCUT2D eigenvalue weighted by molar-refractivity contribution is 0.318. The first-order chi connectivity index (χ1) is 7.81. The zero-order chi connectivity index (χ0) is 11.4. The first-order valence-electron chi connectivity index (χ1n) is 5.51. The molecule has 0 unspecified atom stereocenters. The van der Waals surface area contributed by atoms with Crippen molar-refractivity contribution >= 4 is 11.7 Å². The Bertz CT molecular complexity index is 385. The molecule has 1 aromatic rings. The molecular weight excluding hydrogens is 204 g/mol. The van der Waals surface area contributed by atoms with E-state index in [2.05, 4.69) is 15.0 Å². The summed E-state index contributed by atoms with van der Waals surface area (Å²) in [6, 6.07) is 5.58. The molecule has 0 atom stereocenters. The van der Waals surface area contributed by atoms with Gasteiger partial charge in [0.15, 0.2) is 5.84 Å². The number of aromatic nitrogens is 1. The third-order valence-corrected chi connectivity index (χ3v) is 2.78. The summed E-state index contributed by atoms with van der Waals surface area (Å²) in [5.41, 5.74) is 6.03. The van der Waals surface area contributed by atoms with Gasteiger partial charge in [-0.15, -0.1) is 0 Å². The fourth-order valence-corrected chi connectivity index (χ4v) is 1.92. The summed E-state index contributed by atoms with van der Waals surface area (Å²) in [6.07, 6.45) is 3.70. The van der Waals surface area contributed by atoms with Crippen molar-refractivity contribution < 1.29 is 5.21 Å². The second-order valence-corrected chi connectivity index (χ2v) is 3.91. The second kappa shape index (κ2) is 4.83. The topological polar surface area (TPSA) is 74.7 Å². The number of anilines is 1. The number of rotatable bonds is 2. The van der Waals surface area contributed by atoms with Gasteiger partial charge in [0.2, 0.25) is 0 Å². The molecule has 0 saturated carbocycles. The molecule has 0 spiro atoms. The number of piperidine rings is 1. The number of amidine groups is 1. The van der Waals surface area contributed by atoms with Gasteiger partial charge in [-0.25, -0.2) is 4.98 Å². The summed E-state index contributed by atoms with van der Waals surface area (Å²) in [5, 5.41) is 11.6. The van der Waals surface area contributed by atoms with Crippen LogP contribution in [0.3, 0.4) is 0 Å². The summed E-state index contributed by atoms with van der Waals surface area (Å²) >= 11 is 0. The van der Waals surface area contributed by atoms with E-state index < -0.39 is 0 Å². The van der Waals surface area contributed by atoms with Crippen molar-refractivity contribution in [3.8, 4) is 0 Å². The number of hydrogen-bond donors (Lipinski definition) is 2. The summed E-state index contributed by atoms with van der Waals surface area (Å²) in [7, 11) is 0. The maximum absolute atomic E-state index is 8.60. The normalized spacial score (nSPS) is 17.5. The van der Waals surface area contributed by atoms with Gasteiger partial charge in [0.05, 0.1) is 0 Å². The summed E-state index contributed by atoms with van der Waals surface area (Å²) in [5.74, 6) is 0.961. The highest BCUT2D eigenvalue weighted by atomic mass is 16.4. The highest BCUT2D eigenvalue weighted by Gasteiger charge is 2.12. The highest BCUT2D eigenvalue weighted by molar-refractivity contribution is 5.95. The molecule has 2 heterocycles. The van der Waals surface area contributed by atoms with Gasteiger partial charge in [0.25, 0.3) is 0 Å². The van der Waals surface area contributed by atoms with Gasteiger partial charge in [0.1, 0.15) is 11.5 Å². The van der Waals surface area contributed by atoms with Crippen LogP contribution in [0.1, 0.15) is 25.0 Å². The van der Waals surface area contributed by atoms with Crippen LogP contribution >= 0.6 is 0 Å². The first kappa shape index (κ1) is 10.7. The zero-order valence-electron chi connectivity index (χ0n) is 9.13. The Morgan fingerprint density at radius 1 is 1.31 bits per heavy atom. The van der Waals surface area contributed by atoms with Crippen LogP contribution in [-0.4, -0.2) is 29.1 Å². The van der Waals surface area contributed by atoms with Gasteiger partial charge in [-0.1, -0.05) is 11.2 Å². The molecular formula is C11H16N4O. The number of pyridine rings is 1. The first-order valence-corrected chi connectivity index (χ1v) is 5.51. The van der Waals surface area contributed by atoms with Crippen molar-refractivity contribution in [1.82, 2.24) is 4.98 Å². The lowest BCUT2D eigenvalue weighted by Crippen LogP contribution is -2.30.